The van der Waals surface area contributed by atoms with E-state index in [-0.39, 0.29) is 19.2 Å². The average Bonchev–Trinajstić information content (AvgIpc) is 3.05. The molecule has 0 radical (unpaired) electrons. The van der Waals surface area contributed by atoms with Crippen molar-refractivity contribution in [3.05, 3.63) is 0 Å². The minimum atomic E-state index is -1.53. The first-order valence-electron chi connectivity index (χ1n) is 19.1. The molecule has 1 fully saturated rings. The van der Waals surface area contributed by atoms with Gasteiger partial charge in [-0.3, -0.25) is 4.79 Å². The highest BCUT2D eigenvalue weighted by Gasteiger charge is 2.44. The molecule has 0 saturated carbocycles. The highest BCUT2D eigenvalue weighted by atomic mass is 16.7. The summed E-state index contributed by atoms with van der Waals surface area (Å²) in [4.78, 5) is 12.6. The third kappa shape index (κ3) is 21.9. The van der Waals surface area contributed by atoms with Crippen molar-refractivity contribution in [1.29, 1.82) is 0 Å². The lowest BCUT2D eigenvalue weighted by molar-refractivity contribution is -0.305. The van der Waals surface area contributed by atoms with Gasteiger partial charge in [-0.05, 0) is 12.8 Å². The van der Waals surface area contributed by atoms with E-state index in [0.717, 1.165) is 32.1 Å². The molecule has 0 amide bonds. The van der Waals surface area contributed by atoms with Crippen molar-refractivity contribution in [3.8, 4) is 0 Å². The molecule has 1 rings (SSSR count). The fourth-order valence-corrected chi connectivity index (χ4v) is 5.96. The van der Waals surface area contributed by atoms with E-state index in [1.54, 1.807) is 0 Å². The normalized spacial score (nSPS) is 22.3. The zero-order valence-electron chi connectivity index (χ0n) is 29.6. The smallest absolute Gasteiger partial charge is 0.306 e. The van der Waals surface area contributed by atoms with Gasteiger partial charge in [0.05, 0.1) is 19.8 Å². The molecule has 0 spiro atoms. The Bertz CT molecular complexity index is 677. The van der Waals surface area contributed by atoms with Gasteiger partial charge in [0.2, 0.25) is 0 Å². The van der Waals surface area contributed by atoms with Gasteiger partial charge >= 0.3 is 5.97 Å². The number of unbranched alkanes of at least 4 members (excludes halogenated alkanes) is 21. The molecule has 1 aliphatic rings. The highest BCUT2D eigenvalue weighted by molar-refractivity contribution is 5.69. The molecule has 9 heteroatoms. The summed E-state index contributed by atoms with van der Waals surface area (Å²) in [7, 11) is 0. The van der Waals surface area contributed by atoms with Crippen molar-refractivity contribution in [3.63, 3.8) is 0 Å². The van der Waals surface area contributed by atoms with E-state index in [9.17, 15) is 25.2 Å². The maximum Gasteiger partial charge on any atom is 0.306 e. The lowest BCUT2D eigenvalue weighted by Gasteiger charge is -2.39. The Morgan fingerprint density at radius 3 is 1.54 bits per heavy atom. The van der Waals surface area contributed by atoms with Crippen LogP contribution in [0.5, 0.6) is 0 Å². The van der Waals surface area contributed by atoms with E-state index < -0.39 is 43.4 Å². The van der Waals surface area contributed by atoms with Gasteiger partial charge < -0.3 is 39.4 Å². The number of hydrogen-bond acceptors (Lipinski definition) is 9. The first kappa shape index (κ1) is 43.2. The van der Waals surface area contributed by atoms with E-state index in [1.807, 2.05) is 0 Å². The largest absolute Gasteiger partial charge is 0.457 e. The summed E-state index contributed by atoms with van der Waals surface area (Å²) >= 11 is 0. The molecule has 0 aliphatic carbocycles. The molecule has 1 heterocycles. The minimum Gasteiger partial charge on any atom is -0.457 e. The van der Waals surface area contributed by atoms with Gasteiger partial charge in [0.25, 0.3) is 0 Å². The zero-order chi connectivity index (χ0) is 33.7. The third-order valence-electron chi connectivity index (χ3n) is 9.02. The van der Waals surface area contributed by atoms with Crippen LogP contribution in [0, 0.1) is 0 Å². The van der Waals surface area contributed by atoms with Crippen LogP contribution < -0.4 is 0 Å². The van der Waals surface area contributed by atoms with Gasteiger partial charge in [0.1, 0.15) is 30.5 Å². The molecule has 1 saturated heterocycles. The number of rotatable bonds is 32. The minimum absolute atomic E-state index is 0.107. The Balaban J connectivity index is 2.23. The summed E-state index contributed by atoms with van der Waals surface area (Å²) in [5.41, 5.74) is 0. The van der Waals surface area contributed by atoms with Gasteiger partial charge in [-0.1, -0.05) is 149 Å². The number of hydrogen-bond donors (Lipinski definition) is 4. The maximum atomic E-state index is 12.6. The number of esters is 1. The van der Waals surface area contributed by atoms with Crippen molar-refractivity contribution < 1.29 is 44.2 Å². The van der Waals surface area contributed by atoms with Crippen molar-refractivity contribution in [1.82, 2.24) is 0 Å². The molecule has 4 N–H and O–H groups in total. The van der Waals surface area contributed by atoms with Crippen LogP contribution in [-0.4, -0.2) is 89.6 Å². The highest BCUT2D eigenvalue weighted by Crippen LogP contribution is 2.22. The molecule has 46 heavy (non-hydrogen) atoms. The van der Waals surface area contributed by atoms with Crippen molar-refractivity contribution in [2.24, 2.45) is 0 Å². The molecule has 1 aliphatic heterocycles. The summed E-state index contributed by atoms with van der Waals surface area (Å²) in [5, 5.41) is 39.8. The monoisotopic (exact) mass is 661 g/mol. The molecule has 9 nitrogen and oxygen atoms in total. The first-order chi connectivity index (χ1) is 22.4. The van der Waals surface area contributed by atoms with Crippen LogP contribution in [0.2, 0.25) is 0 Å². The number of carbonyl (C=O) groups is 1. The van der Waals surface area contributed by atoms with Gasteiger partial charge in [-0.15, -0.1) is 0 Å². The standard InChI is InChI=1S/C37H72O9/c1-3-5-7-9-11-12-13-14-15-16-17-18-19-20-21-22-24-26-33(39)45-31(29-43-27-25-23-10-8-6-4-2)30-44-37-36(42)35(41)34(40)32(28-38)46-37/h31-32,34-38,40-42H,3-30H2,1-2H3. The molecule has 274 valence electrons. The van der Waals surface area contributed by atoms with E-state index in [1.165, 1.54) is 116 Å². The molecule has 0 bridgehead atoms. The lowest BCUT2D eigenvalue weighted by atomic mass is 9.99. The fraction of sp³-hybridized carbons (Fsp3) is 0.973. The van der Waals surface area contributed by atoms with Gasteiger partial charge in [-0.25, -0.2) is 0 Å². The van der Waals surface area contributed by atoms with E-state index in [2.05, 4.69) is 13.8 Å². The number of aliphatic hydroxyl groups is 4. The summed E-state index contributed by atoms with van der Waals surface area (Å²) in [5.74, 6) is -0.313. The summed E-state index contributed by atoms with van der Waals surface area (Å²) in [6, 6.07) is 0. The lowest BCUT2D eigenvalue weighted by Crippen LogP contribution is -2.59. The SMILES string of the molecule is CCCCCCCCCCCCCCCCCCCC(=O)OC(COCCCCCCCC)COC1OC(CO)C(O)C(O)C1O. The topological polar surface area (TPSA) is 135 Å². The molecule has 0 aromatic heterocycles. The van der Waals surface area contributed by atoms with Gasteiger partial charge in [0.15, 0.2) is 6.29 Å². The molecule has 0 aromatic carbocycles. The van der Waals surface area contributed by atoms with E-state index >= 15 is 0 Å². The second-order valence-corrected chi connectivity index (χ2v) is 13.4. The predicted molar refractivity (Wildman–Crippen MR) is 183 cm³/mol. The van der Waals surface area contributed by atoms with Crippen LogP contribution in [0.15, 0.2) is 0 Å². The summed E-state index contributed by atoms with van der Waals surface area (Å²) < 4.78 is 22.6. The van der Waals surface area contributed by atoms with Gasteiger partial charge in [-0.2, -0.15) is 0 Å². The molecular weight excluding hydrogens is 588 g/mol. The molecule has 0 aromatic rings. The van der Waals surface area contributed by atoms with Crippen molar-refractivity contribution in [2.75, 3.05) is 26.4 Å². The average molecular weight is 661 g/mol. The van der Waals surface area contributed by atoms with Crippen molar-refractivity contribution in [2.45, 2.75) is 205 Å². The quantitative estimate of drug-likeness (QED) is 0.0439. The van der Waals surface area contributed by atoms with E-state index in [4.69, 9.17) is 18.9 Å². The summed E-state index contributed by atoms with van der Waals surface area (Å²) in [6.07, 6.45) is 21.5. The van der Waals surface area contributed by atoms with Crippen LogP contribution in [-0.2, 0) is 23.7 Å². The van der Waals surface area contributed by atoms with Crippen LogP contribution in [0.1, 0.15) is 168 Å². The number of aliphatic hydroxyl groups excluding tert-OH is 4. The predicted octanol–water partition coefficient (Wildman–Crippen LogP) is 7.13. The summed E-state index contributed by atoms with van der Waals surface area (Å²) in [6.45, 7) is 4.52. The van der Waals surface area contributed by atoms with Crippen LogP contribution in [0.3, 0.4) is 0 Å². The third-order valence-corrected chi connectivity index (χ3v) is 9.02. The molecular formula is C37H72O9. The van der Waals surface area contributed by atoms with Crippen LogP contribution >= 0.6 is 0 Å². The van der Waals surface area contributed by atoms with Crippen LogP contribution in [0.25, 0.3) is 0 Å². The number of ether oxygens (including phenoxy) is 4. The Labute approximate surface area is 281 Å². The molecule has 6 unspecified atom stereocenters. The first-order valence-corrected chi connectivity index (χ1v) is 19.1. The zero-order valence-corrected chi connectivity index (χ0v) is 29.6. The Morgan fingerprint density at radius 2 is 1.07 bits per heavy atom. The second kappa shape index (κ2) is 30.3. The van der Waals surface area contributed by atoms with Crippen molar-refractivity contribution >= 4 is 5.97 Å². The Hall–Kier alpha value is -0.810. The fourth-order valence-electron chi connectivity index (χ4n) is 5.96. The Kier molecular flexibility index (Phi) is 28.4. The van der Waals surface area contributed by atoms with E-state index in [0.29, 0.717) is 13.0 Å². The van der Waals surface area contributed by atoms with Crippen LogP contribution in [0.4, 0.5) is 0 Å². The Morgan fingerprint density at radius 1 is 0.609 bits per heavy atom. The number of carbonyl (C=O) groups excluding carboxylic acids is 1. The van der Waals surface area contributed by atoms with Gasteiger partial charge in [0, 0.05) is 13.0 Å². The maximum absolute atomic E-state index is 12.6. The molecule has 6 atom stereocenters. The second-order valence-electron chi connectivity index (χ2n) is 13.4.